The summed E-state index contributed by atoms with van der Waals surface area (Å²) in [6.07, 6.45) is 4.54. The molecule has 1 aliphatic carbocycles. The van der Waals surface area contributed by atoms with Gasteiger partial charge in [-0.05, 0) is 46.0 Å². The second-order valence-electron chi connectivity index (χ2n) is 6.15. The third-order valence-electron chi connectivity index (χ3n) is 4.34. The Morgan fingerprint density at radius 2 is 2.06 bits per heavy atom. The molecule has 1 spiro atoms. The van der Waals surface area contributed by atoms with E-state index in [0.29, 0.717) is 12.8 Å². The van der Waals surface area contributed by atoms with Crippen LogP contribution in [-0.4, -0.2) is 23.6 Å². The summed E-state index contributed by atoms with van der Waals surface area (Å²) in [5.41, 5.74) is -0.871. The first-order valence-corrected chi connectivity index (χ1v) is 6.82. The van der Waals surface area contributed by atoms with Gasteiger partial charge >= 0.3 is 11.9 Å². The van der Waals surface area contributed by atoms with Crippen LogP contribution in [0.2, 0.25) is 0 Å². The molecule has 4 heteroatoms. The van der Waals surface area contributed by atoms with Crippen LogP contribution in [0, 0.1) is 5.41 Å². The number of hydrogen-bond donors (Lipinski definition) is 0. The molecule has 1 aliphatic heterocycles. The Morgan fingerprint density at radius 1 is 1.44 bits per heavy atom. The molecule has 2 rings (SSSR count). The molecule has 0 bridgehead atoms. The minimum atomic E-state index is -0.693. The highest BCUT2D eigenvalue weighted by atomic mass is 16.6. The van der Waals surface area contributed by atoms with E-state index in [9.17, 15) is 9.59 Å². The van der Waals surface area contributed by atoms with Crippen molar-refractivity contribution >= 4 is 11.9 Å². The molecule has 18 heavy (non-hydrogen) atoms. The van der Waals surface area contributed by atoms with E-state index in [1.165, 1.54) is 0 Å². The van der Waals surface area contributed by atoms with Crippen LogP contribution >= 0.6 is 0 Å². The van der Waals surface area contributed by atoms with Gasteiger partial charge in [0.1, 0.15) is 5.60 Å². The molecule has 2 aliphatic rings. The van der Waals surface area contributed by atoms with Gasteiger partial charge in [0.15, 0.2) is 0 Å². The van der Waals surface area contributed by atoms with Crippen molar-refractivity contribution in [2.24, 2.45) is 5.41 Å². The summed E-state index contributed by atoms with van der Waals surface area (Å²) in [4.78, 5) is 23.8. The second-order valence-corrected chi connectivity index (χ2v) is 6.15. The zero-order valence-electron chi connectivity index (χ0n) is 11.5. The Bertz CT molecular complexity index is 353. The van der Waals surface area contributed by atoms with Gasteiger partial charge in [0.25, 0.3) is 0 Å². The van der Waals surface area contributed by atoms with E-state index in [1.54, 1.807) is 0 Å². The van der Waals surface area contributed by atoms with E-state index in [2.05, 4.69) is 0 Å². The molecule has 0 aromatic carbocycles. The number of hydrogen-bond acceptors (Lipinski definition) is 4. The fourth-order valence-electron chi connectivity index (χ4n) is 2.59. The molecule has 0 radical (unpaired) electrons. The van der Waals surface area contributed by atoms with Gasteiger partial charge in [-0.15, -0.1) is 0 Å². The summed E-state index contributed by atoms with van der Waals surface area (Å²) in [7, 11) is 0. The van der Waals surface area contributed by atoms with Gasteiger partial charge in [0, 0.05) is 6.42 Å². The number of esters is 2. The van der Waals surface area contributed by atoms with Crippen LogP contribution in [0.3, 0.4) is 0 Å². The third-order valence-corrected chi connectivity index (χ3v) is 4.34. The molecule has 1 atom stereocenters. The summed E-state index contributed by atoms with van der Waals surface area (Å²) in [6.45, 7) is 5.61. The first-order chi connectivity index (χ1) is 8.38. The van der Waals surface area contributed by atoms with E-state index >= 15 is 0 Å². The Balaban J connectivity index is 1.99. The lowest BCUT2D eigenvalue weighted by atomic mass is 9.90. The summed E-state index contributed by atoms with van der Waals surface area (Å²) in [5.74, 6) is -0.667. The number of carbonyl (C=O) groups excluding carboxylic acids is 2. The highest BCUT2D eigenvalue weighted by molar-refractivity contribution is 5.83. The number of ether oxygens (including phenoxy) is 2. The fourth-order valence-corrected chi connectivity index (χ4v) is 2.59. The van der Waals surface area contributed by atoms with Gasteiger partial charge in [-0.2, -0.15) is 0 Å². The van der Waals surface area contributed by atoms with E-state index in [-0.39, 0.29) is 17.5 Å². The van der Waals surface area contributed by atoms with Crippen LogP contribution < -0.4 is 0 Å². The Morgan fingerprint density at radius 3 is 2.61 bits per heavy atom. The molecular formula is C14H22O4. The molecule has 1 saturated heterocycles. The normalized spacial score (nSPS) is 26.4. The Hall–Kier alpha value is -1.06. The van der Waals surface area contributed by atoms with E-state index in [1.807, 2.05) is 20.8 Å². The van der Waals surface area contributed by atoms with Crippen LogP contribution in [0.1, 0.15) is 59.3 Å². The van der Waals surface area contributed by atoms with Crippen molar-refractivity contribution in [1.29, 1.82) is 0 Å². The highest BCUT2D eigenvalue weighted by Crippen LogP contribution is 2.42. The van der Waals surface area contributed by atoms with Crippen molar-refractivity contribution in [3.05, 3.63) is 0 Å². The van der Waals surface area contributed by atoms with Crippen molar-refractivity contribution < 1.29 is 19.1 Å². The standard InChI is InChI=1S/C14H22O4/c1-4-13(2,3)12(16)17-10-9-14(18-11(10)15)7-5-6-8-14/h10H,4-9H2,1-3H3. The van der Waals surface area contributed by atoms with Crippen molar-refractivity contribution in [3.63, 3.8) is 0 Å². The average molecular weight is 254 g/mol. The molecule has 0 aromatic rings. The van der Waals surface area contributed by atoms with Crippen molar-refractivity contribution in [1.82, 2.24) is 0 Å². The van der Waals surface area contributed by atoms with Crippen LogP contribution in [0.5, 0.6) is 0 Å². The van der Waals surface area contributed by atoms with Gasteiger partial charge in [0.05, 0.1) is 5.41 Å². The maximum absolute atomic E-state index is 12.0. The van der Waals surface area contributed by atoms with Crippen molar-refractivity contribution in [2.75, 3.05) is 0 Å². The maximum Gasteiger partial charge on any atom is 0.348 e. The Kier molecular flexibility index (Phi) is 3.39. The van der Waals surface area contributed by atoms with Gasteiger partial charge in [-0.1, -0.05) is 6.92 Å². The smallest absolute Gasteiger partial charge is 0.348 e. The van der Waals surface area contributed by atoms with E-state index in [4.69, 9.17) is 9.47 Å². The maximum atomic E-state index is 12.0. The van der Waals surface area contributed by atoms with Crippen molar-refractivity contribution in [2.45, 2.75) is 71.0 Å². The molecule has 1 heterocycles. The topological polar surface area (TPSA) is 52.6 Å². The zero-order chi connectivity index (χ0) is 13.4. The molecule has 0 aromatic heterocycles. The monoisotopic (exact) mass is 254 g/mol. The summed E-state index contributed by atoms with van der Waals surface area (Å²) >= 11 is 0. The molecular weight excluding hydrogens is 232 g/mol. The highest BCUT2D eigenvalue weighted by Gasteiger charge is 2.50. The van der Waals surface area contributed by atoms with E-state index < -0.39 is 11.5 Å². The molecule has 0 N–H and O–H groups in total. The molecule has 2 fully saturated rings. The molecule has 1 saturated carbocycles. The van der Waals surface area contributed by atoms with Crippen LogP contribution in [0.15, 0.2) is 0 Å². The predicted molar refractivity (Wildman–Crippen MR) is 65.9 cm³/mol. The SMILES string of the molecule is CCC(C)(C)C(=O)OC1CC2(CCCC2)OC1=O. The number of rotatable bonds is 3. The minimum Gasteiger partial charge on any atom is -0.456 e. The average Bonchev–Trinajstić information content (AvgIpc) is 2.87. The summed E-state index contributed by atoms with van der Waals surface area (Å²) < 4.78 is 10.8. The largest absolute Gasteiger partial charge is 0.456 e. The lowest BCUT2D eigenvalue weighted by Gasteiger charge is -2.22. The van der Waals surface area contributed by atoms with Gasteiger partial charge < -0.3 is 9.47 Å². The predicted octanol–water partition coefficient (Wildman–Crippen LogP) is 2.59. The second kappa shape index (κ2) is 4.56. The summed E-state index contributed by atoms with van der Waals surface area (Å²) in [6, 6.07) is 0. The van der Waals surface area contributed by atoms with Gasteiger partial charge in [0.2, 0.25) is 6.10 Å². The van der Waals surface area contributed by atoms with Crippen molar-refractivity contribution in [3.8, 4) is 0 Å². The van der Waals surface area contributed by atoms with Gasteiger partial charge in [-0.25, -0.2) is 4.79 Å². The first kappa shape index (κ1) is 13.4. The molecule has 102 valence electrons. The molecule has 1 unspecified atom stereocenters. The molecule has 0 amide bonds. The van der Waals surface area contributed by atoms with Crippen LogP contribution in [-0.2, 0) is 19.1 Å². The fraction of sp³-hybridized carbons (Fsp3) is 0.857. The van der Waals surface area contributed by atoms with Crippen LogP contribution in [0.25, 0.3) is 0 Å². The third kappa shape index (κ3) is 2.38. The number of carbonyl (C=O) groups is 2. The lowest BCUT2D eigenvalue weighted by molar-refractivity contribution is -0.168. The quantitative estimate of drug-likeness (QED) is 0.726. The van der Waals surface area contributed by atoms with Gasteiger partial charge in [-0.3, -0.25) is 4.79 Å². The lowest BCUT2D eigenvalue weighted by Crippen LogP contribution is -2.32. The summed E-state index contributed by atoms with van der Waals surface area (Å²) in [5, 5.41) is 0. The Labute approximate surface area is 108 Å². The minimum absolute atomic E-state index is 0.304. The first-order valence-electron chi connectivity index (χ1n) is 6.82. The van der Waals surface area contributed by atoms with Crippen LogP contribution in [0.4, 0.5) is 0 Å². The van der Waals surface area contributed by atoms with E-state index in [0.717, 1.165) is 25.7 Å². The molecule has 4 nitrogen and oxygen atoms in total. The zero-order valence-corrected chi connectivity index (χ0v) is 11.5.